The van der Waals surface area contributed by atoms with Crippen LogP contribution in [0.3, 0.4) is 0 Å². The van der Waals surface area contributed by atoms with Gasteiger partial charge in [-0.3, -0.25) is 0 Å². The Bertz CT molecular complexity index is 1560. The summed E-state index contributed by atoms with van der Waals surface area (Å²) in [5.74, 6) is 0. The first-order valence-electron chi connectivity index (χ1n) is 13.8. The van der Waals surface area contributed by atoms with Crippen molar-refractivity contribution >= 4 is 38.6 Å². The van der Waals surface area contributed by atoms with E-state index in [-0.39, 0.29) is 6.04 Å². The summed E-state index contributed by atoms with van der Waals surface area (Å²) < 4.78 is 2.82. The number of halogens is 1. The highest BCUT2D eigenvalue weighted by molar-refractivity contribution is 9.10. The first kappa shape index (κ1) is 27.1. The molecule has 41 heavy (non-hydrogen) atoms. The molecule has 0 unspecified atom stereocenters. The quantitative estimate of drug-likeness (QED) is 0.145. The van der Waals surface area contributed by atoms with Crippen LogP contribution in [0.1, 0.15) is 35.1 Å². The number of fused-ring (bicyclic) bond motifs is 1. The summed E-state index contributed by atoms with van der Waals surface area (Å²) in [6, 6.07) is 35.5. The van der Waals surface area contributed by atoms with Crippen molar-refractivity contribution in [2.24, 2.45) is 0 Å². The van der Waals surface area contributed by atoms with Gasteiger partial charge in [0.25, 0.3) is 0 Å². The van der Waals surface area contributed by atoms with E-state index in [4.69, 9.17) is 10.8 Å². The Morgan fingerprint density at radius 2 is 1.51 bits per heavy atom. The summed E-state index contributed by atoms with van der Waals surface area (Å²) in [6.07, 6.45) is 0.908. The van der Waals surface area contributed by atoms with E-state index in [1.807, 2.05) is 24.3 Å². The van der Waals surface area contributed by atoms with Gasteiger partial charge < -0.3 is 21.1 Å². The monoisotopic (exact) mass is 609 g/mol. The molecule has 7 nitrogen and oxygen atoms in total. The third-order valence-corrected chi connectivity index (χ3v) is 8.65. The Balaban J connectivity index is 1.48. The molecule has 4 aromatic carbocycles. The lowest BCUT2D eigenvalue weighted by atomic mass is 9.77. The molecule has 1 saturated heterocycles. The van der Waals surface area contributed by atoms with E-state index < -0.39 is 11.6 Å². The number of nitrogens with zero attached hydrogens (tertiary/aromatic N) is 3. The second kappa shape index (κ2) is 11.4. The number of carbonyl (C=O) groups is 1. The van der Waals surface area contributed by atoms with Gasteiger partial charge in [-0.2, -0.15) is 5.10 Å². The van der Waals surface area contributed by atoms with Crippen molar-refractivity contribution in [2.45, 2.75) is 31.0 Å². The fourth-order valence-electron chi connectivity index (χ4n) is 6.07. The van der Waals surface area contributed by atoms with Gasteiger partial charge in [-0.15, -0.1) is 0 Å². The SMILES string of the molecule is Nc1cc2c(cc1CN[C@@H]1CCCN(C(=O)O)C1)c(Br)nn2C(c1ccccc1)(c1ccccc1)c1ccccc1. The van der Waals surface area contributed by atoms with Crippen molar-refractivity contribution < 1.29 is 9.90 Å². The average molecular weight is 611 g/mol. The average Bonchev–Trinajstić information content (AvgIpc) is 3.33. The molecule has 1 amide bonds. The maximum atomic E-state index is 11.5. The van der Waals surface area contributed by atoms with Gasteiger partial charge in [0.15, 0.2) is 0 Å². The van der Waals surface area contributed by atoms with E-state index in [1.165, 1.54) is 4.90 Å². The molecule has 1 aliphatic heterocycles. The van der Waals surface area contributed by atoms with Crippen molar-refractivity contribution in [3.05, 3.63) is 130 Å². The third kappa shape index (κ3) is 4.98. The standard InChI is InChI=1S/C33H32BrN5O2/c34-31-28-19-23(21-36-27-17-10-18-38(22-27)32(40)41)29(35)20-30(28)39(37-31)33(24-11-4-1-5-12-24,25-13-6-2-7-14-25)26-15-8-3-9-16-26/h1-9,11-16,19-20,27,36H,10,17-18,21-22,35H2,(H,40,41)/t27-/m1/s1. The predicted molar refractivity (Wildman–Crippen MR) is 166 cm³/mol. The first-order chi connectivity index (χ1) is 20.0. The maximum Gasteiger partial charge on any atom is 0.407 e. The van der Waals surface area contributed by atoms with Gasteiger partial charge >= 0.3 is 6.09 Å². The number of hydrogen-bond acceptors (Lipinski definition) is 4. The number of piperidine rings is 1. The van der Waals surface area contributed by atoms with Crippen molar-refractivity contribution in [3.8, 4) is 0 Å². The fourth-order valence-corrected chi connectivity index (χ4v) is 6.55. The molecule has 0 aliphatic carbocycles. The number of benzene rings is 4. The Labute approximate surface area is 247 Å². The van der Waals surface area contributed by atoms with E-state index in [2.05, 4.69) is 105 Å². The molecule has 8 heteroatoms. The zero-order valence-corrected chi connectivity index (χ0v) is 24.2. The summed E-state index contributed by atoms with van der Waals surface area (Å²) >= 11 is 3.77. The molecule has 208 valence electrons. The van der Waals surface area contributed by atoms with Crippen LogP contribution in [0.25, 0.3) is 10.9 Å². The van der Waals surface area contributed by atoms with Gasteiger partial charge in [0.05, 0.1) is 5.52 Å². The van der Waals surface area contributed by atoms with Gasteiger partial charge in [-0.05, 0) is 63.2 Å². The lowest BCUT2D eigenvalue weighted by Gasteiger charge is -2.37. The minimum Gasteiger partial charge on any atom is -0.465 e. The molecule has 5 aromatic rings. The second-order valence-corrected chi connectivity index (χ2v) is 11.3. The van der Waals surface area contributed by atoms with Crippen LogP contribution in [0.5, 0.6) is 0 Å². The van der Waals surface area contributed by atoms with Crippen LogP contribution < -0.4 is 11.1 Å². The highest BCUT2D eigenvalue weighted by atomic mass is 79.9. The van der Waals surface area contributed by atoms with Crippen LogP contribution in [-0.2, 0) is 12.1 Å². The van der Waals surface area contributed by atoms with Crippen LogP contribution in [0.2, 0.25) is 0 Å². The molecule has 1 aliphatic rings. The number of rotatable bonds is 7. The van der Waals surface area contributed by atoms with Crippen LogP contribution in [-0.4, -0.2) is 45.0 Å². The number of anilines is 1. The van der Waals surface area contributed by atoms with Gasteiger partial charge in [-0.25, -0.2) is 9.48 Å². The van der Waals surface area contributed by atoms with E-state index in [0.29, 0.717) is 25.3 Å². The zero-order valence-electron chi connectivity index (χ0n) is 22.6. The second-order valence-electron chi connectivity index (χ2n) is 10.5. The number of amides is 1. The van der Waals surface area contributed by atoms with E-state index in [0.717, 1.165) is 50.6 Å². The van der Waals surface area contributed by atoms with Crippen LogP contribution >= 0.6 is 15.9 Å². The Kier molecular flexibility index (Phi) is 7.51. The van der Waals surface area contributed by atoms with Crippen LogP contribution in [0, 0.1) is 0 Å². The molecule has 1 atom stereocenters. The zero-order chi connectivity index (χ0) is 28.4. The molecule has 1 fully saturated rings. The first-order valence-corrected chi connectivity index (χ1v) is 14.6. The molecule has 6 rings (SSSR count). The molecule has 0 bridgehead atoms. The lowest BCUT2D eigenvalue weighted by Crippen LogP contribution is -2.47. The number of carboxylic acid groups (broad SMARTS) is 1. The van der Waals surface area contributed by atoms with Crippen molar-refractivity contribution in [2.75, 3.05) is 18.8 Å². The molecule has 4 N–H and O–H groups in total. The number of nitrogens with one attached hydrogen (secondary N) is 1. The maximum absolute atomic E-state index is 11.5. The molecule has 1 aromatic heterocycles. The largest absolute Gasteiger partial charge is 0.465 e. The van der Waals surface area contributed by atoms with Gasteiger partial charge in [0, 0.05) is 36.7 Å². The summed E-state index contributed by atoms with van der Waals surface area (Å²) in [7, 11) is 0. The van der Waals surface area contributed by atoms with E-state index >= 15 is 0 Å². The Morgan fingerprint density at radius 3 is 2.05 bits per heavy atom. The van der Waals surface area contributed by atoms with Crippen molar-refractivity contribution in [3.63, 3.8) is 0 Å². The number of likely N-dealkylation sites (tertiary alicyclic amines) is 1. The topological polar surface area (TPSA) is 96.4 Å². The molecule has 2 heterocycles. The van der Waals surface area contributed by atoms with Gasteiger partial charge in [-0.1, -0.05) is 91.0 Å². The number of nitrogen functional groups attached to an aromatic ring is 1. The summed E-state index contributed by atoms with van der Waals surface area (Å²) in [5, 5.41) is 19.0. The normalized spacial score (nSPS) is 15.7. The Hall–Kier alpha value is -4.14. The summed E-state index contributed by atoms with van der Waals surface area (Å²) in [5.41, 5.74) is 11.7. The third-order valence-electron chi connectivity index (χ3n) is 8.06. The van der Waals surface area contributed by atoms with Crippen LogP contribution in [0.4, 0.5) is 10.5 Å². The smallest absolute Gasteiger partial charge is 0.407 e. The summed E-state index contributed by atoms with van der Waals surface area (Å²) in [4.78, 5) is 12.9. The number of aromatic nitrogens is 2. The van der Waals surface area contributed by atoms with E-state index in [1.54, 1.807) is 0 Å². The van der Waals surface area contributed by atoms with Crippen molar-refractivity contribution in [1.82, 2.24) is 20.0 Å². The number of nitrogens with two attached hydrogens (primary N) is 1. The lowest BCUT2D eigenvalue weighted by molar-refractivity contribution is 0.126. The highest BCUT2D eigenvalue weighted by Gasteiger charge is 2.41. The van der Waals surface area contributed by atoms with Gasteiger partial charge in [0.1, 0.15) is 10.1 Å². The van der Waals surface area contributed by atoms with Crippen LogP contribution in [0.15, 0.2) is 108 Å². The molecular weight excluding hydrogens is 578 g/mol. The molecule has 0 spiro atoms. The van der Waals surface area contributed by atoms with Gasteiger partial charge in [0.2, 0.25) is 0 Å². The highest BCUT2D eigenvalue weighted by Crippen LogP contribution is 2.44. The predicted octanol–water partition coefficient (Wildman–Crippen LogP) is 6.45. The minimum absolute atomic E-state index is 0.0861. The number of hydrogen-bond donors (Lipinski definition) is 3. The molecular formula is C33H32BrN5O2. The Morgan fingerprint density at radius 1 is 0.951 bits per heavy atom. The summed E-state index contributed by atoms with van der Waals surface area (Å²) in [6.45, 7) is 1.60. The molecule has 0 saturated carbocycles. The fraction of sp³-hybridized carbons (Fsp3) is 0.212. The van der Waals surface area contributed by atoms with Crippen molar-refractivity contribution in [1.29, 1.82) is 0 Å². The molecule has 0 radical (unpaired) electrons. The van der Waals surface area contributed by atoms with E-state index in [9.17, 15) is 9.90 Å². The minimum atomic E-state index is -0.868.